The monoisotopic (exact) mass is 239 g/mol. The highest BCUT2D eigenvalue weighted by molar-refractivity contribution is 6.30. The Morgan fingerprint density at radius 3 is 2.56 bits per heavy atom. The summed E-state index contributed by atoms with van der Waals surface area (Å²) < 4.78 is 0. The Bertz CT molecular complexity index is 415. The first-order valence-corrected chi connectivity index (χ1v) is 5.51. The molecule has 0 aromatic heterocycles. The predicted octanol–water partition coefficient (Wildman–Crippen LogP) is 2.05. The molecule has 1 aromatic carbocycles. The minimum Gasteiger partial charge on any atom is -0.352 e. The van der Waals surface area contributed by atoms with Crippen LogP contribution in [0.1, 0.15) is 28.4 Å². The van der Waals surface area contributed by atoms with Crippen LogP contribution >= 0.6 is 11.6 Å². The van der Waals surface area contributed by atoms with Crippen LogP contribution in [0.2, 0.25) is 0 Å². The van der Waals surface area contributed by atoms with Crippen molar-refractivity contribution in [2.45, 2.75) is 20.4 Å². The van der Waals surface area contributed by atoms with Crippen LogP contribution < -0.4 is 5.32 Å². The summed E-state index contributed by atoms with van der Waals surface area (Å²) in [7, 11) is 0. The highest BCUT2D eigenvalue weighted by atomic mass is 35.5. The minimum atomic E-state index is -0.0872. The molecule has 0 atom stereocenters. The molecule has 0 spiro atoms. The van der Waals surface area contributed by atoms with E-state index in [-0.39, 0.29) is 17.6 Å². The fourth-order valence-electron chi connectivity index (χ4n) is 1.36. The molecule has 1 amide bonds. The highest BCUT2D eigenvalue weighted by Crippen LogP contribution is 2.12. The van der Waals surface area contributed by atoms with Crippen LogP contribution in [0.25, 0.3) is 0 Å². The van der Waals surface area contributed by atoms with Crippen molar-refractivity contribution in [2.75, 3.05) is 5.88 Å². The maximum absolute atomic E-state index is 11.3. The van der Waals surface area contributed by atoms with Crippen molar-refractivity contribution >= 4 is 23.3 Å². The molecule has 1 rings (SSSR count). The Morgan fingerprint density at radius 1 is 1.38 bits per heavy atom. The number of alkyl halides is 1. The fraction of sp³-hybridized carbons (Fsp3) is 0.333. The largest absolute Gasteiger partial charge is 0.352 e. The number of ketones is 1. The second kappa shape index (κ2) is 5.66. The van der Waals surface area contributed by atoms with Gasteiger partial charge in [0.15, 0.2) is 5.78 Å². The maximum Gasteiger partial charge on any atom is 0.217 e. The molecule has 0 aliphatic rings. The molecule has 0 aliphatic heterocycles. The maximum atomic E-state index is 11.3. The lowest BCUT2D eigenvalue weighted by Crippen LogP contribution is -2.19. The van der Waals surface area contributed by atoms with Gasteiger partial charge in [-0.2, -0.15) is 0 Å². The summed E-state index contributed by atoms with van der Waals surface area (Å²) in [4.78, 5) is 22.1. The van der Waals surface area contributed by atoms with Gasteiger partial charge in [0.25, 0.3) is 0 Å². The third-order valence-electron chi connectivity index (χ3n) is 2.31. The molecule has 0 saturated carbocycles. The quantitative estimate of drug-likeness (QED) is 0.646. The first-order valence-electron chi connectivity index (χ1n) is 4.97. The lowest BCUT2D eigenvalue weighted by atomic mass is 10.0. The predicted molar refractivity (Wildman–Crippen MR) is 63.8 cm³/mol. The smallest absolute Gasteiger partial charge is 0.217 e. The first-order chi connectivity index (χ1) is 7.54. The van der Waals surface area contributed by atoms with E-state index in [1.54, 1.807) is 12.1 Å². The third-order valence-corrected chi connectivity index (χ3v) is 2.56. The fourth-order valence-corrected chi connectivity index (χ4v) is 1.52. The number of benzene rings is 1. The van der Waals surface area contributed by atoms with E-state index in [0.29, 0.717) is 12.1 Å². The topological polar surface area (TPSA) is 46.2 Å². The number of carbonyl (C=O) groups excluding carboxylic acids is 2. The normalized spacial score (nSPS) is 9.94. The molecule has 1 N–H and O–H groups in total. The number of hydrogen-bond acceptors (Lipinski definition) is 2. The van der Waals surface area contributed by atoms with Crippen molar-refractivity contribution in [1.82, 2.24) is 5.32 Å². The van der Waals surface area contributed by atoms with Gasteiger partial charge in [0.05, 0.1) is 5.88 Å². The number of rotatable bonds is 4. The van der Waals surface area contributed by atoms with E-state index < -0.39 is 0 Å². The van der Waals surface area contributed by atoms with E-state index in [9.17, 15) is 9.59 Å². The van der Waals surface area contributed by atoms with Crippen LogP contribution in [-0.2, 0) is 11.3 Å². The van der Waals surface area contributed by atoms with E-state index >= 15 is 0 Å². The minimum absolute atomic E-state index is 0.00944. The van der Waals surface area contributed by atoms with Crippen molar-refractivity contribution in [3.63, 3.8) is 0 Å². The first kappa shape index (κ1) is 12.7. The second-order valence-corrected chi connectivity index (χ2v) is 3.88. The molecular formula is C12H14ClNO2. The van der Waals surface area contributed by atoms with Gasteiger partial charge in [-0.1, -0.05) is 12.1 Å². The molecule has 0 saturated heterocycles. The van der Waals surface area contributed by atoms with Crippen molar-refractivity contribution in [2.24, 2.45) is 0 Å². The van der Waals surface area contributed by atoms with Gasteiger partial charge in [0.1, 0.15) is 0 Å². The molecule has 0 fully saturated rings. The number of halogens is 1. The zero-order valence-corrected chi connectivity index (χ0v) is 10.1. The van der Waals surface area contributed by atoms with E-state index in [4.69, 9.17) is 11.6 Å². The van der Waals surface area contributed by atoms with Gasteiger partial charge >= 0.3 is 0 Å². The average Bonchev–Trinajstić information content (AvgIpc) is 2.26. The number of amides is 1. The van der Waals surface area contributed by atoms with E-state index in [1.165, 1.54) is 6.92 Å². The van der Waals surface area contributed by atoms with E-state index in [2.05, 4.69) is 5.32 Å². The summed E-state index contributed by atoms with van der Waals surface area (Å²) in [6, 6.07) is 5.36. The molecular weight excluding hydrogens is 226 g/mol. The summed E-state index contributed by atoms with van der Waals surface area (Å²) in [5.41, 5.74) is 2.59. The van der Waals surface area contributed by atoms with Gasteiger partial charge in [0.2, 0.25) is 5.91 Å². The zero-order valence-electron chi connectivity index (χ0n) is 9.34. The number of nitrogens with one attached hydrogen (secondary N) is 1. The molecule has 0 bridgehead atoms. The zero-order chi connectivity index (χ0) is 12.1. The van der Waals surface area contributed by atoms with Gasteiger partial charge in [-0.15, -0.1) is 11.6 Å². The molecule has 16 heavy (non-hydrogen) atoms. The summed E-state index contributed by atoms with van der Waals surface area (Å²) in [5, 5.41) is 2.72. The highest BCUT2D eigenvalue weighted by Gasteiger charge is 2.06. The molecule has 0 radical (unpaired) electrons. The lowest BCUT2D eigenvalue weighted by Gasteiger charge is -2.07. The number of hydrogen-bond donors (Lipinski definition) is 1. The molecule has 4 heteroatoms. The SMILES string of the molecule is CC(=O)NCc1ccc(C(=O)CCl)cc1C. The molecule has 1 aromatic rings. The van der Waals surface area contributed by atoms with E-state index in [0.717, 1.165) is 11.1 Å². The van der Waals surface area contributed by atoms with Crippen LogP contribution in [0.5, 0.6) is 0 Å². The Kier molecular flexibility index (Phi) is 4.50. The Morgan fingerprint density at radius 2 is 2.06 bits per heavy atom. The molecule has 86 valence electrons. The van der Waals surface area contributed by atoms with Crippen molar-refractivity contribution in [1.29, 1.82) is 0 Å². The van der Waals surface area contributed by atoms with Crippen LogP contribution in [0.15, 0.2) is 18.2 Å². The number of Topliss-reactive ketones (excluding diaryl/α,β-unsaturated/α-hetero) is 1. The standard InChI is InChI=1S/C12H14ClNO2/c1-8-5-10(12(16)6-13)3-4-11(8)7-14-9(2)15/h3-5H,6-7H2,1-2H3,(H,14,15). The van der Waals surface area contributed by atoms with Gasteiger partial charge in [-0.05, 0) is 24.1 Å². The van der Waals surface area contributed by atoms with Crippen molar-refractivity contribution in [3.05, 3.63) is 34.9 Å². The van der Waals surface area contributed by atoms with Gasteiger partial charge in [-0.3, -0.25) is 9.59 Å². The molecule has 0 heterocycles. The Balaban J connectivity index is 2.83. The third kappa shape index (κ3) is 3.35. The summed E-state index contributed by atoms with van der Waals surface area (Å²) in [6.07, 6.45) is 0. The summed E-state index contributed by atoms with van der Waals surface area (Å²) >= 11 is 5.47. The van der Waals surface area contributed by atoms with Gasteiger partial charge in [0, 0.05) is 19.0 Å². The number of aryl methyl sites for hydroxylation is 1. The Hall–Kier alpha value is -1.35. The van der Waals surface area contributed by atoms with Crippen LogP contribution in [0.3, 0.4) is 0 Å². The second-order valence-electron chi connectivity index (χ2n) is 3.61. The van der Waals surface area contributed by atoms with E-state index in [1.807, 2.05) is 13.0 Å². The Labute approximate surface area is 99.8 Å². The summed E-state index contributed by atoms with van der Waals surface area (Å²) in [6.45, 7) is 3.86. The van der Waals surface area contributed by atoms with Crippen LogP contribution in [0, 0.1) is 6.92 Å². The van der Waals surface area contributed by atoms with Crippen molar-refractivity contribution in [3.8, 4) is 0 Å². The molecule has 3 nitrogen and oxygen atoms in total. The van der Waals surface area contributed by atoms with Crippen LogP contribution in [0.4, 0.5) is 0 Å². The van der Waals surface area contributed by atoms with Gasteiger partial charge < -0.3 is 5.32 Å². The van der Waals surface area contributed by atoms with Gasteiger partial charge in [-0.25, -0.2) is 0 Å². The van der Waals surface area contributed by atoms with Crippen LogP contribution in [-0.4, -0.2) is 17.6 Å². The average molecular weight is 240 g/mol. The number of carbonyl (C=O) groups is 2. The molecule has 0 unspecified atom stereocenters. The lowest BCUT2D eigenvalue weighted by molar-refractivity contribution is -0.119. The molecule has 0 aliphatic carbocycles. The summed E-state index contributed by atoms with van der Waals surface area (Å²) in [5.74, 6) is -0.166. The van der Waals surface area contributed by atoms with Crippen molar-refractivity contribution < 1.29 is 9.59 Å².